The van der Waals surface area contributed by atoms with E-state index in [0.29, 0.717) is 5.92 Å². The Morgan fingerprint density at radius 3 is 2.48 bits per heavy atom. The van der Waals surface area contributed by atoms with Crippen molar-refractivity contribution >= 4 is 29.9 Å². The van der Waals surface area contributed by atoms with Gasteiger partial charge in [-0.15, -0.1) is 24.0 Å². The Labute approximate surface area is 169 Å². The highest BCUT2D eigenvalue weighted by Crippen LogP contribution is 2.13. The molecule has 0 radical (unpaired) electrons. The molecule has 0 aliphatic carbocycles. The predicted molar refractivity (Wildman–Crippen MR) is 116 cm³/mol. The maximum atomic E-state index is 5.21. The van der Waals surface area contributed by atoms with Crippen molar-refractivity contribution in [3.63, 3.8) is 0 Å². The van der Waals surface area contributed by atoms with Crippen molar-refractivity contribution in [2.45, 2.75) is 26.3 Å². The first-order valence-corrected chi connectivity index (χ1v) is 8.89. The number of nitrogens with one attached hydrogen (secondary N) is 1. The van der Waals surface area contributed by atoms with Crippen molar-refractivity contribution in [1.82, 2.24) is 15.1 Å². The first kappa shape index (κ1) is 22.0. The van der Waals surface area contributed by atoms with Crippen LogP contribution in [-0.4, -0.2) is 63.1 Å². The number of rotatable bonds is 7. The summed E-state index contributed by atoms with van der Waals surface area (Å²) in [6, 6.07) is 8.19. The van der Waals surface area contributed by atoms with E-state index < -0.39 is 0 Å². The fraction of sp³-hybridized carbons (Fsp3) is 0.632. The zero-order chi connectivity index (χ0) is 17.4. The van der Waals surface area contributed by atoms with Crippen molar-refractivity contribution < 1.29 is 4.74 Å². The Morgan fingerprint density at radius 1 is 1.28 bits per heavy atom. The molecule has 25 heavy (non-hydrogen) atoms. The van der Waals surface area contributed by atoms with Crippen LogP contribution in [0, 0.1) is 5.92 Å². The first-order valence-electron chi connectivity index (χ1n) is 8.89. The van der Waals surface area contributed by atoms with Gasteiger partial charge in [0.1, 0.15) is 5.75 Å². The molecule has 0 amide bonds. The molecule has 5 nitrogen and oxygen atoms in total. The van der Waals surface area contributed by atoms with Gasteiger partial charge < -0.3 is 19.9 Å². The van der Waals surface area contributed by atoms with Crippen LogP contribution in [0.1, 0.15) is 25.3 Å². The highest BCUT2D eigenvalue weighted by molar-refractivity contribution is 14.0. The Morgan fingerprint density at radius 2 is 1.92 bits per heavy atom. The lowest BCUT2D eigenvalue weighted by atomic mass is 10.1. The van der Waals surface area contributed by atoms with Gasteiger partial charge >= 0.3 is 0 Å². The van der Waals surface area contributed by atoms with Crippen molar-refractivity contribution in [3.8, 4) is 5.75 Å². The smallest absolute Gasteiger partial charge is 0.193 e. The lowest BCUT2D eigenvalue weighted by Gasteiger charge is -2.25. The minimum Gasteiger partial charge on any atom is -0.497 e. The van der Waals surface area contributed by atoms with E-state index in [0.717, 1.165) is 24.8 Å². The molecule has 1 heterocycles. The zero-order valence-electron chi connectivity index (χ0n) is 16.0. The van der Waals surface area contributed by atoms with Gasteiger partial charge in [-0.25, -0.2) is 0 Å². The lowest BCUT2D eigenvalue weighted by Crippen LogP contribution is -2.42. The van der Waals surface area contributed by atoms with E-state index in [1.807, 2.05) is 19.2 Å². The number of ether oxygens (including phenoxy) is 1. The summed E-state index contributed by atoms with van der Waals surface area (Å²) in [7, 11) is 5.61. The molecule has 1 unspecified atom stereocenters. The molecular weight excluding hydrogens is 427 g/mol. The number of nitrogens with zero attached hydrogens (tertiary/aromatic N) is 3. The molecule has 1 N–H and O–H groups in total. The predicted octanol–water partition coefficient (Wildman–Crippen LogP) is 3.05. The molecule has 1 fully saturated rings. The molecule has 142 valence electrons. The highest BCUT2D eigenvalue weighted by Gasteiger charge is 2.15. The third kappa shape index (κ3) is 7.40. The molecule has 0 bridgehead atoms. The van der Waals surface area contributed by atoms with Crippen LogP contribution < -0.4 is 10.1 Å². The minimum absolute atomic E-state index is 0. The number of hydrogen-bond acceptors (Lipinski definition) is 3. The van der Waals surface area contributed by atoms with Gasteiger partial charge in [0, 0.05) is 33.7 Å². The molecule has 0 aromatic heterocycles. The normalized spacial score (nSPS) is 16.2. The van der Waals surface area contributed by atoms with Crippen molar-refractivity contribution in [2.24, 2.45) is 10.9 Å². The summed E-state index contributed by atoms with van der Waals surface area (Å²) in [5.74, 6) is 2.45. The van der Waals surface area contributed by atoms with Crippen LogP contribution >= 0.6 is 24.0 Å². The first-order chi connectivity index (χ1) is 11.6. The summed E-state index contributed by atoms with van der Waals surface area (Å²) in [6.07, 6.45) is 2.71. The van der Waals surface area contributed by atoms with Crippen LogP contribution in [0.4, 0.5) is 0 Å². The fourth-order valence-corrected chi connectivity index (χ4v) is 3.20. The van der Waals surface area contributed by atoms with E-state index in [1.54, 1.807) is 7.11 Å². The minimum atomic E-state index is 0. The zero-order valence-corrected chi connectivity index (χ0v) is 18.3. The van der Waals surface area contributed by atoms with Gasteiger partial charge in [-0.05, 0) is 49.5 Å². The van der Waals surface area contributed by atoms with Gasteiger partial charge in [-0.2, -0.15) is 0 Å². The van der Waals surface area contributed by atoms with E-state index in [9.17, 15) is 0 Å². The fourth-order valence-electron chi connectivity index (χ4n) is 3.20. The number of likely N-dealkylation sites (tertiary alicyclic amines) is 1. The van der Waals surface area contributed by atoms with Crippen molar-refractivity contribution in [1.29, 1.82) is 0 Å². The summed E-state index contributed by atoms with van der Waals surface area (Å²) < 4.78 is 5.21. The van der Waals surface area contributed by atoms with Crippen LogP contribution in [0.5, 0.6) is 5.75 Å². The number of benzene rings is 1. The summed E-state index contributed by atoms with van der Waals surface area (Å²) in [5.41, 5.74) is 1.24. The van der Waals surface area contributed by atoms with Crippen LogP contribution in [0.15, 0.2) is 29.3 Å². The average Bonchev–Trinajstić information content (AvgIpc) is 3.09. The van der Waals surface area contributed by atoms with Gasteiger partial charge in [0.25, 0.3) is 0 Å². The van der Waals surface area contributed by atoms with Crippen LogP contribution in [-0.2, 0) is 6.54 Å². The van der Waals surface area contributed by atoms with Gasteiger partial charge in [-0.3, -0.25) is 4.99 Å². The Hall–Kier alpha value is -1.02. The second kappa shape index (κ2) is 11.6. The molecule has 1 saturated heterocycles. The van der Waals surface area contributed by atoms with E-state index >= 15 is 0 Å². The second-order valence-corrected chi connectivity index (χ2v) is 6.75. The maximum absolute atomic E-state index is 5.21. The third-order valence-electron chi connectivity index (χ3n) is 4.53. The molecule has 1 aromatic carbocycles. The third-order valence-corrected chi connectivity index (χ3v) is 4.53. The number of halogens is 1. The second-order valence-electron chi connectivity index (χ2n) is 6.75. The van der Waals surface area contributed by atoms with E-state index in [2.05, 4.69) is 46.2 Å². The van der Waals surface area contributed by atoms with E-state index in [1.165, 1.54) is 38.0 Å². The van der Waals surface area contributed by atoms with Crippen LogP contribution in [0.3, 0.4) is 0 Å². The number of methoxy groups -OCH3 is 1. The summed E-state index contributed by atoms with van der Waals surface area (Å²) >= 11 is 0. The largest absolute Gasteiger partial charge is 0.497 e. The van der Waals surface area contributed by atoms with E-state index in [4.69, 9.17) is 4.74 Å². The molecule has 1 aromatic rings. The van der Waals surface area contributed by atoms with Crippen molar-refractivity contribution in [2.75, 3.05) is 47.4 Å². The summed E-state index contributed by atoms with van der Waals surface area (Å²) in [5, 5.41) is 3.51. The molecule has 1 aliphatic heterocycles. The SMILES string of the molecule is CN=C(NCC(C)CN1CCCC1)N(C)Cc1ccc(OC)cc1.I. The molecule has 0 spiro atoms. The van der Waals surface area contributed by atoms with Gasteiger partial charge in [0.15, 0.2) is 5.96 Å². The van der Waals surface area contributed by atoms with Crippen molar-refractivity contribution in [3.05, 3.63) is 29.8 Å². The van der Waals surface area contributed by atoms with E-state index in [-0.39, 0.29) is 24.0 Å². The molecular formula is C19H33IN4O. The topological polar surface area (TPSA) is 40.1 Å². The Bertz CT molecular complexity index is 515. The maximum Gasteiger partial charge on any atom is 0.193 e. The van der Waals surface area contributed by atoms with Gasteiger partial charge in [-0.1, -0.05) is 19.1 Å². The van der Waals surface area contributed by atoms with Gasteiger partial charge in [0.2, 0.25) is 0 Å². The van der Waals surface area contributed by atoms with Crippen LogP contribution in [0.25, 0.3) is 0 Å². The Balaban J connectivity index is 0.00000312. The van der Waals surface area contributed by atoms with Gasteiger partial charge in [0.05, 0.1) is 7.11 Å². The molecule has 0 saturated carbocycles. The summed E-state index contributed by atoms with van der Waals surface area (Å²) in [4.78, 5) is 9.14. The monoisotopic (exact) mass is 460 g/mol. The molecule has 1 aliphatic rings. The highest BCUT2D eigenvalue weighted by atomic mass is 127. The lowest BCUT2D eigenvalue weighted by molar-refractivity contribution is 0.286. The average molecular weight is 460 g/mol. The summed E-state index contributed by atoms with van der Waals surface area (Å²) in [6.45, 7) is 7.78. The van der Waals surface area contributed by atoms with Crippen LogP contribution in [0.2, 0.25) is 0 Å². The number of hydrogen-bond donors (Lipinski definition) is 1. The molecule has 2 rings (SSSR count). The molecule has 6 heteroatoms. The number of guanidine groups is 1. The quantitative estimate of drug-likeness (QED) is 0.386. The standard InChI is InChI=1S/C19H32N4O.HI/c1-16(14-23-11-5-6-12-23)13-21-19(20-2)22(3)15-17-7-9-18(24-4)10-8-17;/h7-10,16H,5-6,11-15H2,1-4H3,(H,20,21);1H. The number of aliphatic imine (C=N–C) groups is 1. The Kier molecular flexibility index (Phi) is 10.2. The molecule has 1 atom stereocenters.